The van der Waals surface area contributed by atoms with E-state index >= 15 is 0 Å². The first-order valence-electron chi connectivity index (χ1n) is 7.39. The molecule has 1 aliphatic carbocycles. The van der Waals surface area contributed by atoms with Crippen LogP contribution in [0, 0.1) is 0 Å². The Kier molecular flexibility index (Phi) is 5.03. The number of amides is 1. The van der Waals surface area contributed by atoms with Crippen molar-refractivity contribution in [3.63, 3.8) is 0 Å². The molecule has 1 saturated carbocycles. The molecule has 0 spiro atoms. The maximum atomic E-state index is 12.6. The summed E-state index contributed by atoms with van der Waals surface area (Å²) in [6, 6.07) is 4.48. The third-order valence-corrected chi connectivity index (χ3v) is 3.94. The van der Waals surface area contributed by atoms with Crippen LogP contribution in [0.5, 0.6) is 5.75 Å². The summed E-state index contributed by atoms with van der Waals surface area (Å²) < 4.78 is 10.8. The Morgan fingerprint density at radius 2 is 2.00 bits per heavy atom. The quantitative estimate of drug-likeness (QED) is 0.844. The largest absolute Gasteiger partial charge is 0.496 e. The van der Waals surface area contributed by atoms with E-state index in [4.69, 9.17) is 14.6 Å². The van der Waals surface area contributed by atoms with Gasteiger partial charge in [0.15, 0.2) is 0 Å². The predicted molar refractivity (Wildman–Crippen MR) is 81.4 cm³/mol. The molecule has 0 bridgehead atoms. The molecule has 2 rings (SSSR count). The average molecular weight is 307 g/mol. The molecule has 0 unspecified atom stereocenters. The molecule has 6 heteroatoms. The van der Waals surface area contributed by atoms with Crippen LogP contribution in [0.1, 0.15) is 43.0 Å². The standard InChI is InChI=1S/C16H21NO5/c1-3-22-16(8-4-5-9-16)15(20)17-11-6-7-12(14(18)19)13(10-11)21-2/h6-7,10H,3-5,8-9H2,1-2H3,(H,17,20)(H,18,19). The number of benzene rings is 1. The van der Waals surface area contributed by atoms with Crippen molar-refractivity contribution in [2.45, 2.75) is 38.2 Å². The van der Waals surface area contributed by atoms with Gasteiger partial charge in [0.1, 0.15) is 16.9 Å². The van der Waals surface area contributed by atoms with Crippen LogP contribution >= 0.6 is 0 Å². The van der Waals surface area contributed by atoms with E-state index in [-0.39, 0.29) is 17.2 Å². The third kappa shape index (κ3) is 3.22. The zero-order chi connectivity index (χ0) is 16.2. The summed E-state index contributed by atoms with van der Waals surface area (Å²) in [5, 5.41) is 11.9. The summed E-state index contributed by atoms with van der Waals surface area (Å²) in [6.07, 6.45) is 3.34. The minimum Gasteiger partial charge on any atom is -0.496 e. The van der Waals surface area contributed by atoms with Gasteiger partial charge < -0.3 is 19.9 Å². The summed E-state index contributed by atoms with van der Waals surface area (Å²) in [5.74, 6) is -1.05. The highest BCUT2D eigenvalue weighted by atomic mass is 16.5. The topological polar surface area (TPSA) is 84.9 Å². The summed E-state index contributed by atoms with van der Waals surface area (Å²) >= 11 is 0. The van der Waals surface area contributed by atoms with Crippen molar-refractivity contribution in [1.29, 1.82) is 0 Å². The monoisotopic (exact) mass is 307 g/mol. The first kappa shape index (κ1) is 16.3. The first-order valence-corrected chi connectivity index (χ1v) is 7.39. The lowest BCUT2D eigenvalue weighted by atomic mass is 10.0. The summed E-state index contributed by atoms with van der Waals surface area (Å²) in [7, 11) is 1.39. The van der Waals surface area contributed by atoms with Gasteiger partial charge in [0, 0.05) is 18.4 Å². The van der Waals surface area contributed by atoms with E-state index in [0.717, 1.165) is 12.8 Å². The number of carbonyl (C=O) groups is 2. The van der Waals surface area contributed by atoms with Crippen molar-refractivity contribution in [2.24, 2.45) is 0 Å². The molecule has 22 heavy (non-hydrogen) atoms. The van der Waals surface area contributed by atoms with Crippen LogP contribution in [-0.4, -0.2) is 36.3 Å². The highest BCUT2D eigenvalue weighted by Gasteiger charge is 2.42. The maximum absolute atomic E-state index is 12.6. The molecule has 0 radical (unpaired) electrons. The van der Waals surface area contributed by atoms with Gasteiger partial charge in [-0.2, -0.15) is 0 Å². The van der Waals surface area contributed by atoms with Crippen molar-refractivity contribution in [1.82, 2.24) is 0 Å². The van der Waals surface area contributed by atoms with Gasteiger partial charge >= 0.3 is 5.97 Å². The Morgan fingerprint density at radius 3 is 2.55 bits per heavy atom. The van der Waals surface area contributed by atoms with Gasteiger partial charge in [-0.3, -0.25) is 4.79 Å². The molecular formula is C16H21NO5. The van der Waals surface area contributed by atoms with E-state index in [1.54, 1.807) is 6.07 Å². The zero-order valence-corrected chi connectivity index (χ0v) is 12.8. The summed E-state index contributed by atoms with van der Waals surface area (Å²) in [6.45, 7) is 2.35. The Hall–Kier alpha value is -2.08. The van der Waals surface area contributed by atoms with Gasteiger partial charge in [0.25, 0.3) is 5.91 Å². The van der Waals surface area contributed by atoms with Gasteiger partial charge in [-0.15, -0.1) is 0 Å². The second-order valence-electron chi connectivity index (χ2n) is 5.31. The number of hydrogen-bond donors (Lipinski definition) is 2. The van der Waals surface area contributed by atoms with Crippen LogP contribution in [0.2, 0.25) is 0 Å². The van der Waals surface area contributed by atoms with Crippen LogP contribution in [0.4, 0.5) is 5.69 Å². The minimum atomic E-state index is -1.07. The van der Waals surface area contributed by atoms with Gasteiger partial charge in [-0.25, -0.2) is 4.79 Å². The lowest BCUT2D eigenvalue weighted by molar-refractivity contribution is -0.140. The van der Waals surface area contributed by atoms with Gasteiger partial charge in [0.05, 0.1) is 7.11 Å². The normalized spacial score (nSPS) is 16.3. The molecule has 0 aliphatic heterocycles. The molecule has 0 heterocycles. The summed E-state index contributed by atoms with van der Waals surface area (Å²) in [4.78, 5) is 23.6. The van der Waals surface area contributed by atoms with Crippen molar-refractivity contribution in [3.05, 3.63) is 23.8 Å². The average Bonchev–Trinajstić information content (AvgIpc) is 2.97. The Balaban J connectivity index is 2.19. The number of aromatic carboxylic acids is 1. The Bertz CT molecular complexity index is 564. The zero-order valence-electron chi connectivity index (χ0n) is 12.8. The Morgan fingerprint density at radius 1 is 1.32 bits per heavy atom. The van der Waals surface area contributed by atoms with Gasteiger partial charge in [0.2, 0.25) is 0 Å². The fourth-order valence-corrected chi connectivity index (χ4v) is 2.85. The third-order valence-electron chi connectivity index (χ3n) is 3.94. The molecule has 0 saturated heterocycles. The van der Waals surface area contributed by atoms with Crippen molar-refractivity contribution in [2.75, 3.05) is 19.0 Å². The second-order valence-corrected chi connectivity index (χ2v) is 5.31. The first-order chi connectivity index (χ1) is 10.5. The van der Waals surface area contributed by atoms with Crippen molar-refractivity contribution < 1.29 is 24.2 Å². The van der Waals surface area contributed by atoms with Gasteiger partial charge in [-0.1, -0.05) is 0 Å². The number of rotatable bonds is 6. The fraction of sp³-hybridized carbons (Fsp3) is 0.500. The second kappa shape index (κ2) is 6.79. The number of ether oxygens (including phenoxy) is 2. The van der Waals surface area contributed by atoms with Crippen LogP contribution in [0.25, 0.3) is 0 Å². The van der Waals surface area contributed by atoms with E-state index in [0.29, 0.717) is 25.1 Å². The molecule has 2 N–H and O–H groups in total. The number of carboxylic acid groups (broad SMARTS) is 1. The highest BCUT2D eigenvalue weighted by molar-refractivity contribution is 5.98. The number of methoxy groups -OCH3 is 1. The molecule has 0 aromatic heterocycles. The molecule has 0 atom stereocenters. The molecule has 120 valence electrons. The van der Waals surface area contributed by atoms with Crippen LogP contribution in [0.3, 0.4) is 0 Å². The van der Waals surface area contributed by atoms with Crippen LogP contribution in [0.15, 0.2) is 18.2 Å². The van der Waals surface area contributed by atoms with E-state index in [2.05, 4.69) is 5.32 Å². The molecule has 1 aliphatic rings. The predicted octanol–water partition coefficient (Wildman–Crippen LogP) is 2.68. The lowest BCUT2D eigenvalue weighted by Gasteiger charge is -2.27. The molecular weight excluding hydrogens is 286 g/mol. The number of hydrogen-bond acceptors (Lipinski definition) is 4. The molecule has 1 amide bonds. The van der Waals surface area contributed by atoms with E-state index in [1.165, 1.54) is 19.2 Å². The SMILES string of the molecule is CCOC1(C(=O)Nc2ccc(C(=O)O)c(OC)c2)CCCC1. The molecule has 1 aromatic rings. The summed E-state index contributed by atoms with van der Waals surface area (Å²) in [5.41, 5.74) is -0.216. The van der Waals surface area contributed by atoms with E-state index in [9.17, 15) is 9.59 Å². The smallest absolute Gasteiger partial charge is 0.339 e. The highest BCUT2D eigenvalue weighted by Crippen LogP contribution is 2.35. The number of carboxylic acids is 1. The van der Waals surface area contributed by atoms with Crippen molar-refractivity contribution >= 4 is 17.6 Å². The van der Waals surface area contributed by atoms with E-state index in [1.807, 2.05) is 6.92 Å². The molecule has 1 fully saturated rings. The fourth-order valence-electron chi connectivity index (χ4n) is 2.85. The minimum absolute atomic E-state index is 0.0564. The molecule has 1 aromatic carbocycles. The van der Waals surface area contributed by atoms with Crippen LogP contribution in [-0.2, 0) is 9.53 Å². The maximum Gasteiger partial charge on any atom is 0.339 e. The molecule has 6 nitrogen and oxygen atoms in total. The number of anilines is 1. The van der Waals surface area contributed by atoms with Crippen LogP contribution < -0.4 is 10.1 Å². The van der Waals surface area contributed by atoms with Crippen molar-refractivity contribution in [3.8, 4) is 5.75 Å². The Labute approximate surface area is 129 Å². The van der Waals surface area contributed by atoms with Gasteiger partial charge in [-0.05, 0) is 44.7 Å². The number of carbonyl (C=O) groups excluding carboxylic acids is 1. The lowest BCUT2D eigenvalue weighted by Crippen LogP contribution is -2.43. The van der Waals surface area contributed by atoms with E-state index < -0.39 is 11.6 Å². The number of nitrogens with one attached hydrogen (secondary N) is 1.